The van der Waals surface area contributed by atoms with Gasteiger partial charge in [0.25, 0.3) is 0 Å². The minimum absolute atomic E-state index is 0.635. The minimum Gasteiger partial charge on any atom is -0.372 e. The molecule has 1 aromatic heterocycles. The van der Waals surface area contributed by atoms with Crippen LogP contribution in [0.3, 0.4) is 0 Å². The number of para-hydroxylation sites is 3. The third kappa shape index (κ3) is 4.82. The van der Waals surface area contributed by atoms with E-state index in [2.05, 4.69) is 68.4 Å². The lowest BCUT2D eigenvalue weighted by molar-refractivity contribution is 0.697. The minimum atomic E-state index is 0.635. The second-order valence-corrected chi connectivity index (χ2v) is 6.70. The van der Waals surface area contributed by atoms with Gasteiger partial charge in [-0.25, -0.2) is 4.98 Å². The quantitative estimate of drug-likeness (QED) is 0.359. The molecule has 0 radical (unpaired) electrons. The molecule has 0 aliphatic rings. The van der Waals surface area contributed by atoms with Gasteiger partial charge >= 0.3 is 0 Å². The summed E-state index contributed by atoms with van der Waals surface area (Å²) in [6.45, 7) is 5.71. The maximum atomic E-state index is 4.69. The molecule has 3 aromatic rings. The Morgan fingerprint density at radius 1 is 1.07 bits per heavy atom. The predicted molar refractivity (Wildman–Crippen MR) is 118 cm³/mol. The van der Waals surface area contributed by atoms with Crippen LogP contribution in [0.1, 0.15) is 19.2 Å². The highest BCUT2D eigenvalue weighted by molar-refractivity contribution is 5.80. The summed E-state index contributed by atoms with van der Waals surface area (Å²) in [6, 6.07) is 18.7. The van der Waals surface area contributed by atoms with Gasteiger partial charge in [0.05, 0.1) is 17.6 Å². The van der Waals surface area contributed by atoms with Crippen LogP contribution in [0.4, 0.5) is 5.69 Å². The molecular weight excluding hydrogens is 348 g/mol. The molecule has 0 amide bonds. The van der Waals surface area contributed by atoms with Crippen LogP contribution in [0.25, 0.3) is 11.0 Å². The Bertz CT molecular complexity index is 900. The van der Waals surface area contributed by atoms with Crippen LogP contribution >= 0.6 is 0 Å². The molecule has 6 nitrogen and oxygen atoms in total. The zero-order chi connectivity index (χ0) is 19.8. The van der Waals surface area contributed by atoms with E-state index in [9.17, 15) is 0 Å². The molecule has 0 aliphatic heterocycles. The molecule has 1 heterocycles. The first-order valence-corrected chi connectivity index (χ1v) is 9.87. The topological polar surface area (TPSA) is 57.5 Å². The number of guanidine groups is 1. The number of hydrogen-bond donors (Lipinski definition) is 2. The van der Waals surface area contributed by atoms with E-state index in [1.807, 2.05) is 25.2 Å². The molecule has 0 aliphatic carbocycles. The summed E-state index contributed by atoms with van der Waals surface area (Å²) in [5.74, 6) is 1.79. The number of anilines is 1. The maximum Gasteiger partial charge on any atom is 0.191 e. The van der Waals surface area contributed by atoms with Crippen LogP contribution in [0.5, 0.6) is 0 Å². The highest BCUT2D eigenvalue weighted by Crippen LogP contribution is 2.14. The number of nitrogens with zero attached hydrogens (tertiary/aromatic N) is 4. The molecule has 0 saturated heterocycles. The number of imidazole rings is 1. The molecule has 0 spiro atoms. The number of nitrogens with one attached hydrogen (secondary N) is 2. The molecule has 28 heavy (non-hydrogen) atoms. The molecule has 148 valence electrons. The summed E-state index contributed by atoms with van der Waals surface area (Å²) < 4.78 is 2.12. The Morgan fingerprint density at radius 3 is 2.54 bits per heavy atom. The summed E-state index contributed by atoms with van der Waals surface area (Å²) in [7, 11) is 3.85. The third-order valence-corrected chi connectivity index (χ3v) is 4.92. The lowest BCUT2D eigenvalue weighted by atomic mass is 10.2. The van der Waals surface area contributed by atoms with Crippen LogP contribution in [-0.4, -0.2) is 42.2 Å². The molecule has 0 fully saturated rings. The lowest BCUT2D eigenvalue weighted by Gasteiger charge is -2.23. The molecule has 0 atom stereocenters. The van der Waals surface area contributed by atoms with Crippen molar-refractivity contribution in [3.05, 3.63) is 60.4 Å². The van der Waals surface area contributed by atoms with Crippen LogP contribution in [0.15, 0.2) is 59.6 Å². The summed E-state index contributed by atoms with van der Waals surface area (Å²) in [5, 5.41) is 6.76. The largest absolute Gasteiger partial charge is 0.372 e. The summed E-state index contributed by atoms with van der Waals surface area (Å²) in [6.07, 6.45) is 1.04. The second kappa shape index (κ2) is 9.78. The van der Waals surface area contributed by atoms with Gasteiger partial charge in [-0.05, 0) is 37.6 Å². The number of fused-ring (bicyclic) bond motifs is 1. The molecule has 3 rings (SSSR count). The maximum absolute atomic E-state index is 4.69. The average Bonchev–Trinajstić information content (AvgIpc) is 3.07. The Hall–Kier alpha value is -3.02. The van der Waals surface area contributed by atoms with Crippen molar-refractivity contribution in [2.75, 3.05) is 31.6 Å². The molecule has 2 aromatic carbocycles. The van der Waals surface area contributed by atoms with Crippen molar-refractivity contribution in [1.29, 1.82) is 0 Å². The first-order valence-electron chi connectivity index (χ1n) is 9.87. The van der Waals surface area contributed by atoms with Crippen molar-refractivity contribution >= 4 is 22.7 Å². The monoisotopic (exact) mass is 378 g/mol. The SMILES string of the molecule is CCN(CCCNC(=NC)NCc1nc2ccccc2n1C)c1ccccc1. The zero-order valence-corrected chi connectivity index (χ0v) is 17.0. The number of aliphatic imine (C=N–C) groups is 1. The number of benzene rings is 2. The smallest absolute Gasteiger partial charge is 0.191 e. The fraction of sp³-hybridized carbons (Fsp3) is 0.364. The Balaban J connectivity index is 1.46. The standard InChI is InChI=1S/C22H30N6/c1-4-28(18-11-6-5-7-12-18)16-10-15-24-22(23-2)25-17-21-26-19-13-8-9-14-20(19)27(21)3/h5-9,11-14H,4,10,15-17H2,1-3H3,(H2,23,24,25). The average molecular weight is 379 g/mol. The van der Waals surface area contributed by atoms with Gasteiger partial charge in [-0.15, -0.1) is 0 Å². The highest BCUT2D eigenvalue weighted by atomic mass is 15.2. The number of rotatable bonds is 8. The summed E-state index contributed by atoms with van der Waals surface area (Å²) in [4.78, 5) is 11.4. The van der Waals surface area contributed by atoms with Gasteiger partial charge in [-0.1, -0.05) is 30.3 Å². The van der Waals surface area contributed by atoms with E-state index in [-0.39, 0.29) is 0 Å². The van der Waals surface area contributed by atoms with Gasteiger partial charge < -0.3 is 20.1 Å². The van der Waals surface area contributed by atoms with Crippen molar-refractivity contribution in [1.82, 2.24) is 20.2 Å². The van der Waals surface area contributed by atoms with E-state index < -0.39 is 0 Å². The van der Waals surface area contributed by atoms with Crippen LogP contribution in [0, 0.1) is 0 Å². The Labute approximate surface area is 167 Å². The van der Waals surface area contributed by atoms with E-state index in [1.165, 1.54) is 5.69 Å². The van der Waals surface area contributed by atoms with E-state index in [0.717, 1.165) is 48.9 Å². The highest BCUT2D eigenvalue weighted by Gasteiger charge is 2.08. The molecule has 0 bridgehead atoms. The summed E-state index contributed by atoms with van der Waals surface area (Å²) in [5.41, 5.74) is 3.43. The molecule has 6 heteroatoms. The second-order valence-electron chi connectivity index (χ2n) is 6.70. The van der Waals surface area contributed by atoms with Crippen molar-refractivity contribution in [3.63, 3.8) is 0 Å². The van der Waals surface area contributed by atoms with Gasteiger partial charge in [0.1, 0.15) is 5.82 Å². The van der Waals surface area contributed by atoms with Gasteiger partial charge in [0.2, 0.25) is 0 Å². The van der Waals surface area contributed by atoms with Gasteiger partial charge in [0.15, 0.2) is 5.96 Å². The Morgan fingerprint density at radius 2 is 1.82 bits per heavy atom. The predicted octanol–water partition coefficient (Wildman–Crippen LogP) is 3.15. The lowest BCUT2D eigenvalue weighted by Crippen LogP contribution is -2.38. The molecule has 0 unspecified atom stereocenters. The van der Waals surface area contributed by atoms with Crippen molar-refractivity contribution < 1.29 is 0 Å². The molecule has 2 N–H and O–H groups in total. The van der Waals surface area contributed by atoms with Gasteiger partial charge in [0, 0.05) is 39.4 Å². The van der Waals surface area contributed by atoms with E-state index in [0.29, 0.717) is 6.54 Å². The fourth-order valence-corrected chi connectivity index (χ4v) is 3.32. The van der Waals surface area contributed by atoms with Crippen LogP contribution in [-0.2, 0) is 13.6 Å². The normalized spacial score (nSPS) is 11.6. The van der Waals surface area contributed by atoms with Crippen LogP contribution in [0.2, 0.25) is 0 Å². The number of hydrogen-bond acceptors (Lipinski definition) is 3. The van der Waals surface area contributed by atoms with Crippen molar-refractivity contribution in [2.24, 2.45) is 12.0 Å². The number of aryl methyl sites for hydroxylation is 1. The van der Waals surface area contributed by atoms with Crippen molar-refractivity contribution in [2.45, 2.75) is 19.9 Å². The summed E-state index contributed by atoms with van der Waals surface area (Å²) >= 11 is 0. The first-order chi connectivity index (χ1) is 13.7. The third-order valence-electron chi connectivity index (χ3n) is 4.92. The van der Waals surface area contributed by atoms with E-state index in [1.54, 1.807) is 7.05 Å². The van der Waals surface area contributed by atoms with Gasteiger partial charge in [-0.2, -0.15) is 0 Å². The van der Waals surface area contributed by atoms with Crippen LogP contribution < -0.4 is 15.5 Å². The van der Waals surface area contributed by atoms with E-state index >= 15 is 0 Å². The zero-order valence-electron chi connectivity index (χ0n) is 17.0. The number of aromatic nitrogens is 2. The fourth-order valence-electron chi connectivity index (χ4n) is 3.32. The molecular formula is C22H30N6. The van der Waals surface area contributed by atoms with Crippen molar-refractivity contribution in [3.8, 4) is 0 Å². The van der Waals surface area contributed by atoms with Gasteiger partial charge in [-0.3, -0.25) is 4.99 Å². The molecule has 0 saturated carbocycles. The first kappa shape index (κ1) is 19.7. The van der Waals surface area contributed by atoms with E-state index in [4.69, 9.17) is 4.98 Å². The Kier molecular flexibility index (Phi) is 6.89.